The van der Waals surface area contributed by atoms with Crippen LogP contribution in [-0.4, -0.2) is 44.0 Å². The normalized spacial score (nSPS) is 11.9. The van der Waals surface area contributed by atoms with Crippen LogP contribution in [0.4, 0.5) is 4.79 Å². The molecule has 126 valence electrons. The van der Waals surface area contributed by atoms with Crippen LogP contribution in [0, 0.1) is 5.92 Å². The minimum absolute atomic E-state index is 0.126. The summed E-state index contributed by atoms with van der Waals surface area (Å²) < 4.78 is 19.1. The molecule has 0 aliphatic carbocycles. The Balaban J connectivity index is 4.67. The minimum atomic E-state index is -0.900. The smallest absolute Gasteiger partial charge is 0.465 e. The molecule has 0 saturated heterocycles. The van der Waals surface area contributed by atoms with E-state index < -0.39 is 23.7 Å². The molecule has 0 amide bonds. The highest BCUT2D eigenvalue weighted by atomic mass is 16.7. The van der Waals surface area contributed by atoms with Gasteiger partial charge in [-0.1, -0.05) is 13.8 Å². The van der Waals surface area contributed by atoms with Gasteiger partial charge in [-0.3, -0.25) is 0 Å². The van der Waals surface area contributed by atoms with E-state index in [2.05, 4.69) is 4.74 Å². The first-order valence-electron chi connectivity index (χ1n) is 6.88. The van der Waals surface area contributed by atoms with Crippen molar-refractivity contribution < 1.29 is 33.3 Å². The molecule has 0 fully saturated rings. The maximum absolute atomic E-state index is 11.8. The fourth-order valence-corrected chi connectivity index (χ4v) is 1.15. The van der Waals surface area contributed by atoms with Gasteiger partial charge in [0.1, 0.15) is 17.8 Å². The van der Waals surface area contributed by atoms with E-state index in [1.807, 2.05) is 13.8 Å². The van der Waals surface area contributed by atoms with Crippen molar-refractivity contribution in [1.82, 2.24) is 0 Å². The molecule has 0 N–H and O–H groups in total. The first kappa shape index (κ1) is 19.9. The van der Waals surface area contributed by atoms with Gasteiger partial charge in [-0.15, -0.1) is 0 Å². The summed E-state index contributed by atoms with van der Waals surface area (Å²) in [5, 5.41) is 0. The van der Waals surface area contributed by atoms with E-state index in [9.17, 15) is 14.4 Å². The Morgan fingerprint density at radius 1 is 1.05 bits per heavy atom. The van der Waals surface area contributed by atoms with E-state index in [0.29, 0.717) is 0 Å². The quantitative estimate of drug-likeness (QED) is 0.244. The number of hydrogen-bond donors (Lipinski definition) is 0. The van der Waals surface area contributed by atoms with Crippen molar-refractivity contribution in [2.24, 2.45) is 5.92 Å². The summed E-state index contributed by atoms with van der Waals surface area (Å²) in [7, 11) is 1.14. The van der Waals surface area contributed by atoms with E-state index in [0.717, 1.165) is 13.2 Å². The number of methoxy groups -OCH3 is 1. The van der Waals surface area contributed by atoms with Gasteiger partial charge in [0.25, 0.3) is 0 Å². The van der Waals surface area contributed by atoms with Gasteiger partial charge in [-0.2, -0.15) is 0 Å². The van der Waals surface area contributed by atoms with E-state index in [4.69, 9.17) is 14.2 Å². The molecule has 22 heavy (non-hydrogen) atoms. The zero-order chi connectivity index (χ0) is 17.3. The van der Waals surface area contributed by atoms with E-state index in [1.54, 1.807) is 20.8 Å². The molecule has 0 radical (unpaired) electrons. The number of carbonyl (C=O) groups excluding carboxylic acids is 3. The van der Waals surface area contributed by atoms with Crippen molar-refractivity contribution in [2.75, 3.05) is 20.3 Å². The highest BCUT2D eigenvalue weighted by molar-refractivity contribution is 6.14. The lowest BCUT2D eigenvalue weighted by Crippen LogP contribution is -2.25. The Hall–Kier alpha value is -2.05. The summed E-state index contributed by atoms with van der Waals surface area (Å²) in [6.07, 6.45) is 0.224. The van der Waals surface area contributed by atoms with Crippen LogP contribution in [0.2, 0.25) is 0 Å². The predicted octanol–water partition coefficient (Wildman–Crippen LogP) is 2.24. The molecule has 0 spiro atoms. The minimum Gasteiger partial charge on any atom is -0.465 e. The molecule has 7 nitrogen and oxygen atoms in total. The first-order chi connectivity index (χ1) is 10.1. The van der Waals surface area contributed by atoms with Crippen LogP contribution in [0.5, 0.6) is 0 Å². The third kappa shape index (κ3) is 8.99. The van der Waals surface area contributed by atoms with E-state index in [-0.39, 0.29) is 24.7 Å². The Morgan fingerprint density at radius 3 is 2.09 bits per heavy atom. The van der Waals surface area contributed by atoms with Crippen molar-refractivity contribution in [3.8, 4) is 0 Å². The summed E-state index contributed by atoms with van der Waals surface area (Å²) in [6, 6.07) is 0. The molecule has 0 bridgehead atoms. The lowest BCUT2D eigenvalue weighted by molar-refractivity contribution is -0.146. The standard InChI is InChI=1S/C15H24O7/c1-10(2)9-21-13(17)11(12(16)19-6)7-8-20-14(18)22-15(3,4)5/h7,10H,8-9H2,1-6H3. The molecule has 0 unspecified atom stereocenters. The second-order valence-electron chi connectivity index (χ2n) is 5.88. The third-order valence-electron chi connectivity index (χ3n) is 2.05. The maximum Gasteiger partial charge on any atom is 0.509 e. The average molecular weight is 316 g/mol. The summed E-state index contributed by atoms with van der Waals surface area (Å²) in [4.78, 5) is 34.7. The molecular weight excluding hydrogens is 292 g/mol. The van der Waals surface area contributed by atoms with Crippen LogP contribution in [0.3, 0.4) is 0 Å². The Kier molecular flexibility index (Phi) is 8.22. The first-order valence-corrected chi connectivity index (χ1v) is 6.88. The largest absolute Gasteiger partial charge is 0.509 e. The Morgan fingerprint density at radius 2 is 1.64 bits per heavy atom. The number of ether oxygens (including phenoxy) is 4. The highest BCUT2D eigenvalue weighted by Gasteiger charge is 2.22. The Labute approximate surface area is 130 Å². The third-order valence-corrected chi connectivity index (χ3v) is 2.05. The molecule has 0 aliphatic rings. The van der Waals surface area contributed by atoms with Crippen LogP contribution in [0.25, 0.3) is 0 Å². The zero-order valence-corrected chi connectivity index (χ0v) is 13.9. The molecule has 0 heterocycles. The summed E-state index contributed by atoms with van der Waals surface area (Å²) in [6.45, 7) is 8.64. The van der Waals surface area contributed by atoms with Gasteiger partial charge in [0.05, 0.1) is 13.7 Å². The van der Waals surface area contributed by atoms with Gasteiger partial charge in [0, 0.05) is 0 Å². The average Bonchev–Trinajstić information content (AvgIpc) is 2.38. The van der Waals surface area contributed by atoms with Crippen LogP contribution in [0.1, 0.15) is 34.6 Å². The van der Waals surface area contributed by atoms with Gasteiger partial charge < -0.3 is 18.9 Å². The van der Waals surface area contributed by atoms with Gasteiger partial charge in [0.2, 0.25) is 0 Å². The zero-order valence-electron chi connectivity index (χ0n) is 13.9. The SMILES string of the molecule is COC(=O)C(=CCOC(=O)OC(C)(C)C)C(=O)OCC(C)C. The van der Waals surface area contributed by atoms with Crippen LogP contribution in [-0.2, 0) is 28.5 Å². The van der Waals surface area contributed by atoms with Gasteiger partial charge in [-0.05, 0) is 32.8 Å². The van der Waals surface area contributed by atoms with Crippen molar-refractivity contribution in [3.05, 3.63) is 11.6 Å². The molecule has 7 heteroatoms. The van der Waals surface area contributed by atoms with Crippen LogP contribution >= 0.6 is 0 Å². The highest BCUT2D eigenvalue weighted by Crippen LogP contribution is 2.09. The van der Waals surface area contributed by atoms with E-state index >= 15 is 0 Å². The monoisotopic (exact) mass is 316 g/mol. The van der Waals surface area contributed by atoms with Crippen molar-refractivity contribution >= 4 is 18.1 Å². The number of rotatable bonds is 6. The predicted molar refractivity (Wildman–Crippen MR) is 78.1 cm³/mol. The fourth-order valence-electron chi connectivity index (χ4n) is 1.15. The van der Waals surface area contributed by atoms with Crippen molar-refractivity contribution in [3.63, 3.8) is 0 Å². The topological polar surface area (TPSA) is 88.1 Å². The Bertz CT molecular complexity index is 430. The van der Waals surface area contributed by atoms with Crippen molar-refractivity contribution in [2.45, 2.75) is 40.2 Å². The number of carbonyl (C=O) groups is 3. The van der Waals surface area contributed by atoms with Gasteiger partial charge in [0.15, 0.2) is 0 Å². The number of esters is 2. The molecule has 0 aromatic carbocycles. The molecule has 0 atom stereocenters. The van der Waals surface area contributed by atoms with Crippen LogP contribution < -0.4 is 0 Å². The second-order valence-corrected chi connectivity index (χ2v) is 5.88. The summed E-state index contributed by atoms with van der Waals surface area (Å²) in [5.74, 6) is -1.56. The summed E-state index contributed by atoms with van der Waals surface area (Å²) in [5.41, 5.74) is -1.02. The molecule has 0 saturated carbocycles. The number of hydrogen-bond acceptors (Lipinski definition) is 7. The van der Waals surface area contributed by atoms with Crippen LogP contribution in [0.15, 0.2) is 11.6 Å². The van der Waals surface area contributed by atoms with Gasteiger partial charge in [-0.25, -0.2) is 14.4 Å². The molecule has 0 rings (SSSR count). The molecular formula is C15H24O7. The second kappa shape index (κ2) is 9.07. The van der Waals surface area contributed by atoms with E-state index in [1.165, 1.54) is 0 Å². The maximum atomic E-state index is 11.8. The lowest BCUT2D eigenvalue weighted by atomic mass is 10.2. The fraction of sp³-hybridized carbons (Fsp3) is 0.667. The summed E-state index contributed by atoms with van der Waals surface area (Å²) >= 11 is 0. The molecule has 0 aliphatic heterocycles. The lowest BCUT2D eigenvalue weighted by Gasteiger charge is -2.18. The molecule has 0 aromatic heterocycles. The van der Waals surface area contributed by atoms with Crippen molar-refractivity contribution in [1.29, 1.82) is 0 Å². The van der Waals surface area contributed by atoms with Gasteiger partial charge >= 0.3 is 18.1 Å². The molecule has 0 aromatic rings.